The molecule has 0 radical (unpaired) electrons. The normalized spacial score (nSPS) is 16.5. The third-order valence-corrected chi connectivity index (χ3v) is 4.22. The summed E-state index contributed by atoms with van der Waals surface area (Å²) in [5, 5.41) is 3.32. The van der Waals surface area contributed by atoms with Crippen LogP contribution in [0.15, 0.2) is 24.3 Å². The maximum absolute atomic E-state index is 5.80. The van der Waals surface area contributed by atoms with Crippen LogP contribution in [0.25, 0.3) is 0 Å². The zero-order chi connectivity index (χ0) is 13.3. The molecule has 0 aliphatic carbocycles. The Kier molecular flexibility index (Phi) is 6.54. The molecule has 0 unspecified atom stereocenters. The lowest BCUT2D eigenvalue weighted by atomic mass is 10.2. The highest BCUT2D eigenvalue weighted by Crippen LogP contribution is 2.13. The van der Waals surface area contributed by atoms with Crippen molar-refractivity contribution in [3.8, 4) is 5.75 Å². The molecule has 3 nitrogen and oxygen atoms in total. The van der Waals surface area contributed by atoms with Crippen molar-refractivity contribution in [2.24, 2.45) is 0 Å². The third-order valence-electron chi connectivity index (χ3n) is 3.28. The first kappa shape index (κ1) is 14.7. The summed E-state index contributed by atoms with van der Waals surface area (Å²) in [6, 6.07) is 8.41. The molecule has 0 aromatic heterocycles. The average molecular weight is 280 g/mol. The maximum atomic E-state index is 5.80. The lowest BCUT2D eigenvalue weighted by Crippen LogP contribution is -2.35. The average Bonchev–Trinajstić information content (AvgIpc) is 2.47. The molecular weight excluding hydrogens is 256 g/mol. The summed E-state index contributed by atoms with van der Waals surface area (Å²) >= 11 is 2.05. The molecular formula is C15H24N2OS. The molecule has 1 aromatic carbocycles. The van der Waals surface area contributed by atoms with Crippen LogP contribution in [0.4, 0.5) is 0 Å². The summed E-state index contributed by atoms with van der Waals surface area (Å²) in [5.41, 5.74) is 1.31. The van der Waals surface area contributed by atoms with Crippen LogP contribution in [0.5, 0.6) is 5.75 Å². The van der Waals surface area contributed by atoms with Crippen molar-refractivity contribution in [3.63, 3.8) is 0 Å². The van der Waals surface area contributed by atoms with E-state index >= 15 is 0 Å². The van der Waals surface area contributed by atoms with Gasteiger partial charge in [-0.25, -0.2) is 0 Å². The van der Waals surface area contributed by atoms with Gasteiger partial charge in [-0.2, -0.15) is 11.8 Å². The number of hydrogen-bond donors (Lipinski definition) is 1. The van der Waals surface area contributed by atoms with E-state index in [-0.39, 0.29) is 0 Å². The first-order valence-corrected chi connectivity index (χ1v) is 8.26. The molecule has 19 heavy (non-hydrogen) atoms. The second-order valence-electron chi connectivity index (χ2n) is 4.73. The van der Waals surface area contributed by atoms with E-state index in [0.29, 0.717) is 0 Å². The first-order valence-electron chi connectivity index (χ1n) is 7.11. The minimum Gasteiger partial charge on any atom is -0.492 e. The van der Waals surface area contributed by atoms with Gasteiger partial charge in [-0.15, -0.1) is 0 Å². The van der Waals surface area contributed by atoms with Crippen molar-refractivity contribution in [1.29, 1.82) is 0 Å². The van der Waals surface area contributed by atoms with Crippen molar-refractivity contribution >= 4 is 11.8 Å². The molecule has 0 atom stereocenters. The molecule has 1 N–H and O–H groups in total. The molecule has 106 valence electrons. The first-order chi connectivity index (χ1) is 9.38. The molecule has 1 aliphatic rings. The number of benzene rings is 1. The predicted octanol–water partition coefficient (Wildman–Crippen LogP) is 2.22. The van der Waals surface area contributed by atoms with E-state index in [1.54, 1.807) is 0 Å². The lowest BCUT2D eigenvalue weighted by molar-refractivity contribution is 0.222. The number of nitrogens with one attached hydrogen (secondary N) is 1. The van der Waals surface area contributed by atoms with E-state index in [0.717, 1.165) is 32.0 Å². The molecule has 0 saturated carbocycles. The summed E-state index contributed by atoms with van der Waals surface area (Å²) in [7, 11) is 0. The van der Waals surface area contributed by atoms with Crippen molar-refractivity contribution in [1.82, 2.24) is 10.2 Å². The van der Waals surface area contributed by atoms with Gasteiger partial charge in [-0.05, 0) is 24.2 Å². The van der Waals surface area contributed by atoms with E-state index in [2.05, 4.69) is 41.4 Å². The summed E-state index contributed by atoms with van der Waals surface area (Å²) in [6.07, 6.45) is 0. The molecule has 4 heteroatoms. The largest absolute Gasteiger partial charge is 0.492 e. The minimum atomic E-state index is 0.789. The number of nitrogens with zero attached hydrogens (tertiary/aromatic N) is 1. The van der Waals surface area contributed by atoms with E-state index in [1.807, 2.05) is 11.8 Å². The van der Waals surface area contributed by atoms with Crippen LogP contribution in [0.3, 0.4) is 0 Å². The number of ether oxygens (including phenoxy) is 1. The molecule has 1 aromatic rings. The predicted molar refractivity (Wildman–Crippen MR) is 83.1 cm³/mol. The Balaban J connectivity index is 1.67. The van der Waals surface area contributed by atoms with Gasteiger partial charge in [0, 0.05) is 37.7 Å². The highest BCUT2D eigenvalue weighted by molar-refractivity contribution is 7.99. The maximum Gasteiger partial charge on any atom is 0.119 e. The Hall–Kier alpha value is -0.710. The van der Waals surface area contributed by atoms with Gasteiger partial charge in [-0.3, -0.25) is 4.90 Å². The molecule has 0 spiro atoms. The topological polar surface area (TPSA) is 24.5 Å². The number of rotatable bonds is 7. The Morgan fingerprint density at radius 3 is 2.63 bits per heavy atom. The van der Waals surface area contributed by atoms with Crippen LogP contribution in [0, 0.1) is 0 Å². The Morgan fingerprint density at radius 1 is 1.21 bits per heavy atom. The van der Waals surface area contributed by atoms with Crippen LogP contribution in [0.2, 0.25) is 0 Å². The molecule has 1 aliphatic heterocycles. The second kappa shape index (κ2) is 8.46. The summed E-state index contributed by atoms with van der Waals surface area (Å²) < 4.78 is 5.80. The van der Waals surface area contributed by atoms with Gasteiger partial charge in [0.2, 0.25) is 0 Å². The van der Waals surface area contributed by atoms with E-state index in [1.165, 1.54) is 30.2 Å². The van der Waals surface area contributed by atoms with E-state index in [4.69, 9.17) is 4.74 Å². The fraction of sp³-hybridized carbons (Fsp3) is 0.600. The van der Waals surface area contributed by atoms with Crippen LogP contribution in [0.1, 0.15) is 12.5 Å². The van der Waals surface area contributed by atoms with Crippen LogP contribution in [-0.4, -0.2) is 49.2 Å². The Morgan fingerprint density at radius 2 is 1.95 bits per heavy atom. The number of hydrogen-bond acceptors (Lipinski definition) is 4. The lowest BCUT2D eigenvalue weighted by Gasteiger charge is -2.25. The Labute approximate surface area is 120 Å². The van der Waals surface area contributed by atoms with Gasteiger partial charge in [0.15, 0.2) is 0 Å². The van der Waals surface area contributed by atoms with Crippen molar-refractivity contribution in [2.45, 2.75) is 13.5 Å². The van der Waals surface area contributed by atoms with Crippen LogP contribution < -0.4 is 10.1 Å². The van der Waals surface area contributed by atoms with Crippen molar-refractivity contribution in [3.05, 3.63) is 29.8 Å². The monoisotopic (exact) mass is 280 g/mol. The Bertz CT molecular complexity index is 350. The summed E-state index contributed by atoms with van der Waals surface area (Å²) in [5.74, 6) is 3.50. The minimum absolute atomic E-state index is 0.789. The molecule has 1 heterocycles. The highest BCUT2D eigenvalue weighted by Gasteiger charge is 2.09. The molecule has 1 saturated heterocycles. The van der Waals surface area contributed by atoms with Gasteiger partial charge in [0.05, 0.1) is 0 Å². The van der Waals surface area contributed by atoms with Crippen molar-refractivity contribution < 1.29 is 4.74 Å². The van der Waals surface area contributed by atoms with Crippen LogP contribution >= 0.6 is 11.8 Å². The quantitative estimate of drug-likeness (QED) is 0.828. The molecule has 0 bridgehead atoms. The van der Waals surface area contributed by atoms with E-state index < -0.39 is 0 Å². The molecule has 1 fully saturated rings. The molecule has 2 rings (SSSR count). The highest BCUT2D eigenvalue weighted by atomic mass is 32.2. The van der Waals surface area contributed by atoms with Gasteiger partial charge in [0.25, 0.3) is 0 Å². The van der Waals surface area contributed by atoms with Gasteiger partial charge >= 0.3 is 0 Å². The molecule has 0 amide bonds. The third kappa shape index (κ3) is 5.43. The summed E-state index contributed by atoms with van der Waals surface area (Å²) in [4.78, 5) is 2.48. The fourth-order valence-corrected chi connectivity index (χ4v) is 3.07. The fourth-order valence-electron chi connectivity index (χ4n) is 2.09. The smallest absolute Gasteiger partial charge is 0.119 e. The SMILES string of the molecule is CCNCc1ccc(OCCN2CCSCC2)cc1. The van der Waals surface area contributed by atoms with Gasteiger partial charge in [0.1, 0.15) is 12.4 Å². The van der Waals surface area contributed by atoms with Gasteiger partial charge < -0.3 is 10.1 Å². The van der Waals surface area contributed by atoms with Crippen molar-refractivity contribution in [2.75, 3.05) is 44.3 Å². The zero-order valence-corrected chi connectivity index (χ0v) is 12.5. The summed E-state index contributed by atoms with van der Waals surface area (Å²) in [6.45, 7) is 8.30. The van der Waals surface area contributed by atoms with E-state index in [9.17, 15) is 0 Å². The second-order valence-corrected chi connectivity index (χ2v) is 5.95. The zero-order valence-electron chi connectivity index (χ0n) is 11.7. The standard InChI is InChI=1S/C15H24N2OS/c1-2-16-13-14-3-5-15(6-4-14)18-10-7-17-8-11-19-12-9-17/h3-6,16H,2,7-13H2,1H3. The number of thioether (sulfide) groups is 1. The van der Waals surface area contributed by atoms with Gasteiger partial charge in [-0.1, -0.05) is 19.1 Å². The van der Waals surface area contributed by atoms with Crippen LogP contribution in [-0.2, 0) is 6.54 Å².